The van der Waals surface area contributed by atoms with Gasteiger partial charge in [-0.25, -0.2) is 0 Å². The Bertz CT molecular complexity index is 1890. The Balaban J connectivity index is 1.61. The van der Waals surface area contributed by atoms with Gasteiger partial charge in [0, 0.05) is 17.1 Å². The molecule has 0 spiro atoms. The number of aliphatic hydroxyl groups is 4. The van der Waals surface area contributed by atoms with Crippen molar-refractivity contribution in [1.82, 2.24) is 4.90 Å². The number of hydrogen-bond acceptors (Lipinski definition) is 9. The molecule has 0 unspecified atom stereocenters. The van der Waals surface area contributed by atoms with Crippen LogP contribution in [0.25, 0.3) is 33.7 Å². The smallest absolute Gasteiger partial charge is 0.255 e. The molecule has 0 bridgehead atoms. The maximum absolute atomic E-state index is 14.2. The van der Waals surface area contributed by atoms with Gasteiger partial charge >= 0.3 is 0 Å². The highest BCUT2D eigenvalue weighted by molar-refractivity contribution is 6.24. The van der Waals surface area contributed by atoms with Crippen LogP contribution in [0.1, 0.15) is 29.5 Å². The number of nitrogens with zero attached hydrogens (tertiary/aromatic N) is 1. The lowest BCUT2D eigenvalue weighted by Gasteiger charge is -2.53. The summed E-state index contributed by atoms with van der Waals surface area (Å²) < 4.78 is 0. The predicted molar refractivity (Wildman–Crippen MR) is 163 cm³/mol. The molecule has 1 saturated carbocycles. The van der Waals surface area contributed by atoms with Gasteiger partial charge in [-0.3, -0.25) is 19.3 Å². The number of aliphatic hydroxyl groups excluding tert-OH is 3. The molecular formula is C34H32N2O8. The number of Topliss-reactive ketones (excluding diaryl/α,β-unsaturated/α-hetero) is 2. The fraction of sp³-hybridized carbons (Fsp3) is 0.265. The highest BCUT2D eigenvalue weighted by atomic mass is 16.4. The maximum Gasteiger partial charge on any atom is 0.255 e. The number of primary amides is 1. The number of fused-ring (bicyclic) bond motifs is 4. The lowest BCUT2D eigenvalue weighted by molar-refractivity contribution is -0.169. The Labute approximate surface area is 252 Å². The number of nitrogens with two attached hydrogens (primary N) is 1. The molecule has 10 heteroatoms. The number of ketones is 2. The van der Waals surface area contributed by atoms with Crippen LogP contribution >= 0.6 is 0 Å². The molecule has 0 saturated heterocycles. The molecule has 1 fully saturated rings. The number of hydrogen-bond donors (Lipinski definition) is 6. The standard InChI is InChI=1S/C34H32N2O8/c1-5-15-10-11-19(18-9-7-6-8-17(15)18)20-13-12-16-14(2)21-23(28(38)22(16)27(20)37)31(41)34(44)25(29(21)39)26(36(3)4)30(40)24(32(34)42)33(35)43/h5-14,21,25-26,29,37-39,42,44H,1H2,2-4H3,(H2,35,43)/t14-,21+,25+,26-,29-,34-/m0/s1. The van der Waals surface area contributed by atoms with E-state index in [1.807, 2.05) is 36.4 Å². The molecule has 3 aliphatic rings. The summed E-state index contributed by atoms with van der Waals surface area (Å²) in [6.07, 6.45) is 0.0744. The number of benzene rings is 3. The third-order valence-corrected chi connectivity index (χ3v) is 9.60. The quantitative estimate of drug-likeness (QED) is 0.247. The molecule has 0 aliphatic heterocycles. The highest BCUT2D eigenvalue weighted by Gasteiger charge is 2.68. The van der Waals surface area contributed by atoms with Crippen molar-refractivity contribution >= 4 is 40.1 Å². The molecule has 3 aromatic carbocycles. The first-order valence-electron chi connectivity index (χ1n) is 14.1. The summed E-state index contributed by atoms with van der Waals surface area (Å²) in [6.45, 7) is 5.57. The van der Waals surface area contributed by atoms with Gasteiger partial charge in [0.15, 0.2) is 11.4 Å². The van der Waals surface area contributed by atoms with Crippen LogP contribution in [0, 0.1) is 11.8 Å². The van der Waals surface area contributed by atoms with Crippen LogP contribution < -0.4 is 5.73 Å². The van der Waals surface area contributed by atoms with E-state index in [9.17, 15) is 39.9 Å². The van der Waals surface area contributed by atoms with E-state index in [0.29, 0.717) is 16.7 Å². The van der Waals surface area contributed by atoms with Gasteiger partial charge in [-0.2, -0.15) is 0 Å². The van der Waals surface area contributed by atoms with E-state index in [1.165, 1.54) is 19.0 Å². The highest BCUT2D eigenvalue weighted by Crippen LogP contribution is 2.57. The van der Waals surface area contributed by atoms with E-state index in [4.69, 9.17) is 5.73 Å². The van der Waals surface area contributed by atoms with Crippen LogP contribution in [0.2, 0.25) is 0 Å². The van der Waals surface area contributed by atoms with Crippen molar-refractivity contribution in [3.05, 3.63) is 88.7 Å². The minimum atomic E-state index is -2.96. The molecule has 6 atom stereocenters. The molecule has 7 N–H and O–H groups in total. The first kappa shape index (κ1) is 29.3. The summed E-state index contributed by atoms with van der Waals surface area (Å²) in [5.41, 5.74) is 3.31. The molecule has 10 nitrogen and oxygen atoms in total. The van der Waals surface area contributed by atoms with Crippen molar-refractivity contribution in [2.45, 2.75) is 30.6 Å². The molecule has 0 heterocycles. The predicted octanol–water partition coefficient (Wildman–Crippen LogP) is 2.96. The second-order valence-electron chi connectivity index (χ2n) is 11.9. The Morgan fingerprint density at radius 2 is 1.64 bits per heavy atom. The van der Waals surface area contributed by atoms with Crippen molar-refractivity contribution in [2.75, 3.05) is 14.1 Å². The summed E-state index contributed by atoms with van der Waals surface area (Å²) in [5, 5.41) is 59.9. The lowest BCUT2D eigenvalue weighted by Crippen LogP contribution is -2.70. The zero-order chi connectivity index (χ0) is 32.0. The summed E-state index contributed by atoms with van der Waals surface area (Å²) in [7, 11) is 2.93. The van der Waals surface area contributed by atoms with Gasteiger partial charge in [0.25, 0.3) is 5.91 Å². The van der Waals surface area contributed by atoms with Crippen molar-refractivity contribution in [2.24, 2.45) is 17.6 Å². The van der Waals surface area contributed by atoms with E-state index in [2.05, 4.69) is 6.58 Å². The second kappa shape index (κ2) is 9.88. The summed E-state index contributed by atoms with van der Waals surface area (Å²) in [6, 6.07) is 13.2. The van der Waals surface area contributed by atoms with Crippen LogP contribution in [0.3, 0.4) is 0 Å². The van der Waals surface area contributed by atoms with Gasteiger partial charge in [0.2, 0.25) is 5.78 Å². The molecule has 3 aliphatic carbocycles. The minimum Gasteiger partial charge on any atom is -0.508 e. The van der Waals surface area contributed by atoms with Crippen molar-refractivity contribution in [1.29, 1.82) is 0 Å². The average Bonchev–Trinajstić information content (AvgIpc) is 2.98. The van der Waals surface area contributed by atoms with Crippen LogP contribution in [0.4, 0.5) is 0 Å². The number of carbonyl (C=O) groups is 3. The van der Waals surface area contributed by atoms with Gasteiger partial charge in [-0.05, 0) is 47.5 Å². The molecule has 0 radical (unpaired) electrons. The van der Waals surface area contributed by atoms with E-state index < -0.39 is 75.6 Å². The normalized spacial score (nSPS) is 28.2. The molecule has 0 aromatic heterocycles. The van der Waals surface area contributed by atoms with Gasteiger partial charge in [-0.1, -0.05) is 68.1 Å². The summed E-state index contributed by atoms with van der Waals surface area (Å²) in [4.78, 5) is 41.1. The fourth-order valence-corrected chi connectivity index (χ4v) is 7.57. The van der Waals surface area contributed by atoms with Crippen molar-refractivity contribution < 1.29 is 39.9 Å². The van der Waals surface area contributed by atoms with E-state index in [0.717, 1.165) is 16.3 Å². The number of amides is 1. The number of phenolic OH excluding ortho intramolecular Hbond substituents is 1. The topological polar surface area (TPSA) is 182 Å². The summed E-state index contributed by atoms with van der Waals surface area (Å²) >= 11 is 0. The zero-order valence-corrected chi connectivity index (χ0v) is 24.3. The Kier molecular flexibility index (Phi) is 6.58. The van der Waals surface area contributed by atoms with Gasteiger partial charge in [0.05, 0.1) is 23.6 Å². The number of carbonyl (C=O) groups excluding carboxylic acids is 3. The molecule has 6 rings (SSSR count). The van der Waals surface area contributed by atoms with Gasteiger partial charge < -0.3 is 31.3 Å². The fourth-order valence-electron chi connectivity index (χ4n) is 7.57. The van der Waals surface area contributed by atoms with Crippen LogP contribution in [-0.2, 0) is 14.4 Å². The number of rotatable bonds is 4. The van der Waals surface area contributed by atoms with Crippen molar-refractivity contribution in [3.63, 3.8) is 0 Å². The van der Waals surface area contributed by atoms with Gasteiger partial charge in [-0.15, -0.1) is 0 Å². The van der Waals surface area contributed by atoms with Crippen LogP contribution in [0.5, 0.6) is 5.75 Å². The zero-order valence-electron chi connectivity index (χ0n) is 24.3. The minimum absolute atomic E-state index is 0.0598. The molecule has 226 valence electrons. The van der Waals surface area contributed by atoms with E-state index >= 15 is 0 Å². The first-order valence-corrected chi connectivity index (χ1v) is 14.1. The SMILES string of the molecule is C=Cc1ccc(-c2ccc3c(c2O)C(O)=C2C(=O)[C@]4(O)C(O)=C(C(N)=O)C(=O)[C@@H](N(C)C)[C@@H]4[C@@H](O)[C@@H]2[C@H]3C)c2ccccc12. The lowest BCUT2D eigenvalue weighted by atomic mass is 9.54. The third kappa shape index (κ3) is 3.62. The largest absolute Gasteiger partial charge is 0.508 e. The van der Waals surface area contributed by atoms with Crippen LogP contribution in [0.15, 0.2) is 72.0 Å². The Morgan fingerprint density at radius 3 is 2.25 bits per heavy atom. The number of phenols is 1. The second-order valence-corrected chi connectivity index (χ2v) is 11.9. The molecule has 44 heavy (non-hydrogen) atoms. The van der Waals surface area contributed by atoms with Crippen molar-refractivity contribution in [3.8, 4) is 16.9 Å². The number of aromatic hydroxyl groups is 1. The monoisotopic (exact) mass is 596 g/mol. The average molecular weight is 597 g/mol. The first-order chi connectivity index (χ1) is 20.8. The Morgan fingerprint density at radius 1 is 1.00 bits per heavy atom. The van der Waals surface area contributed by atoms with E-state index in [1.54, 1.807) is 25.1 Å². The number of likely N-dealkylation sites (N-methyl/N-ethyl adjacent to an activating group) is 1. The maximum atomic E-state index is 14.2. The summed E-state index contributed by atoms with van der Waals surface area (Å²) in [5.74, 6) is -9.20. The van der Waals surface area contributed by atoms with E-state index in [-0.39, 0.29) is 11.3 Å². The third-order valence-electron chi connectivity index (χ3n) is 9.60. The molecule has 3 aromatic rings. The molecule has 1 amide bonds. The molecular weight excluding hydrogens is 564 g/mol. The van der Waals surface area contributed by atoms with Gasteiger partial charge in [0.1, 0.15) is 22.8 Å². The Hall–Kier alpha value is -4.77. The van der Waals surface area contributed by atoms with Crippen LogP contribution in [-0.4, -0.2) is 79.7 Å².